The van der Waals surface area contributed by atoms with Crippen molar-refractivity contribution < 1.29 is 9.53 Å². The summed E-state index contributed by atoms with van der Waals surface area (Å²) in [6, 6.07) is 8.19. The van der Waals surface area contributed by atoms with E-state index in [1.54, 1.807) is 6.20 Å². The smallest absolute Gasteiger partial charge is 0.228 e. The van der Waals surface area contributed by atoms with Crippen LogP contribution in [0.5, 0.6) is 0 Å². The van der Waals surface area contributed by atoms with Gasteiger partial charge >= 0.3 is 0 Å². The van der Waals surface area contributed by atoms with Crippen LogP contribution >= 0.6 is 0 Å². The summed E-state index contributed by atoms with van der Waals surface area (Å²) in [4.78, 5) is 17.1. The molecule has 1 aromatic carbocycles. The number of anilines is 1. The van der Waals surface area contributed by atoms with Gasteiger partial charge in [-0.05, 0) is 19.3 Å². The van der Waals surface area contributed by atoms with Crippen LogP contribution in [0.1, 0.15) is 19.3 Å². The Balaban J connectivity index is 1.29. The fraction of sp³-hybridized carbons (Fsp3) is 0.526. The highest BCUT2D eigenvalue weighted by atomic mass is 16.5. The van der Waals surface area contributed by atoms with Crippen molar-refractivity contribution in [1.29, 1.82) is 0 Å². The predicted octanol–water partition coefficient (Wildman–Crippen LogP) is 1.85. The van der Waals surface area contributed by atoms with Crippen molar-refractivity contribution in [2.45, 2.75) is 31.5 Å². The molecule has 3 saturated heterocycles. The third-order valence-electron chi connectivity index (χ3n) is 5.87. The van der Waals surface area contributed by atoms with Crippen LogP contribution in [-0.2, 0) is 9.53 Å². The monoisotopic (exact) mass is 338 g/mol. The normalized spacial score (nSPS) is 28.7. The zero-order valence-electron chi connectivity index (χ0n) is 14.2. The van der Waals surface area contributed by atoms with Crippen molar-refractivity contribution in [3.8, 4) is 0 Å². The van der Waals surface area contributed by atoms with Crippen molar-refractivity contribution in [3.63, 3.8) is 0 Å². The Morgan fingerprint density at radius 2 is 1.96 bits per heavy atom. The van der Waals surface area contributed by atoms with E-state index in [1.807, 2.05) is 17.0 Å². The zero-order valence-corrected chi connectivity index (χ0v) is 14.2. The van der Waals surface area contributed by atoms with Crippen LogP contribution in [0, 0.1) is 5.92 Å². The molecule has 1 aromatic heterocycles. The SMILES string of the molecule is O=C([C@@H]1C[C@H]2CC[C@H]1O2)N1CCN(c2nncc3ccccc23)CC1. The van der Waals surface area contributed by atoms with E-state index in [1.165, 1.54) is 0 Å². The summed E-state index contributed by atoms with van der Waals surface area (Å²) >= 11 is 0. The van der Waals surface area contributed by atoms with Crippen LogP contribution in [0.4, 0.5) is 5.82 Å². The Hall–Kier alpha value is -2.21. The molecule has 3 atom stereocenters. The van der Waals surface area contributed by atoms with Crippen LogP contribution in [0.3, 0.4) is 0 Å². The summed E-state index contributed by atoms with van der Waals surface area (Å²) in [6.07, 6.45) is 5.38. The van der Waals surface area contributed by atoms with Gasteiger partial charge in [-0.1, -0.05) is 24.3 Å². The summed E-state index contributed by atoms with van der Waals surface area (Å²) in [7, 11) is 0. The number of hydrogen-bond acceptors (Lipinski definition) is 5. The van der Waals surface area contributed by atoms with E-state index in [9.17, 15) is 4.79 Å². The van der Waals surface area contributed by atoms with Crippen molar-refractivity contribution in [3.05, 3.63) is 30.5 Å². The molecule has 25 heavy (non-hydrogen) atoms. The molecule has 2 aromatic rings. The minimum absolute atomic E-state index is 0.0858. The van der Waals surface area contributed by atoms with Crippen LogP contribution in [-0.4, -0.2) is 59.4 Å². The van der Waals surface area contributed by atoms with Crippen molar-refractivity contribution in [2.24, 2.45) is 5.92 Å². The maximum Gasteiger partial charge on any atom is 0.228 e. The fourth-order valence-corrected chi connectivity index (χ4v) is 4.52. The second-order valence-corrected chi connectivity index (χ2v) is 7.28. The van der Waals surface area contributed by atoms with Crippen molar-refractivity contribution in [1.82, 2.24) is 15.1 Å². The van der Waals surface area contributed by atoms with Crippen LogP contribution in [0.25, 0.3) is 10.8 Å². The Bertz CT molecular complexity index is 798. The molecule has 3 aliphatic rings. The van der Waals surface area contributed by atoms with Crippen molar-refractivity contribution in [2.75, 3.05) is 31.1 Å². The highest BCUT2D eigenvalue weighted by Crippen LogP contribution is 2.39. The minimum atomic E-state index is 0.0858. The lowest BCUT2D eigenvalue weighted by molar-refractivity contribution is -0.137. The highest BCUT2D eigenvalue weighted by Gasteiger charge is 2.46. The lowest BCUT2D eigenvalue weighted by Crippen LogP contribution is -2.51. The van der Waals surface area contributed by atoms with Gasteiger partial charge in [-0.2, -0.15) is 5.10 Å². The topological polar surface area (TPSA) is 58.6 Å². The molecular formula is C19H22N4O2. The van der Waals surface area contributed by atoms with Crippen LogP contribution < -0.4 is 4.90 Å². The lowest BCUT2D eigenvalue weighted by atomic mass is 9.88. The summed E-state index contributed by atoms with van der Waals surface area (Å²) in [5.74, 6) is 1.30. The summed E-state index contributed by atoms with van der Waals surface area (Å²) in [5.41, 5.74) is 0. The summed E-state index contributed by atoms with van der Waals surface area (Å²) in [5, 5.41) is 10.7. The standard InChI is InChI=1S/C19H22N4O2/c24-19(16-11-14-5-6-17(16)25-14)23-9-7-22(8-10-23)18-15-4-2-1-3-13(15)12-20-21-18/h1-4,12,14,16-17H,5-11H2/t14-,16-,17-/m1/s1. The molecule has 0 saturated carbocycles. The molecule has 0 N–H and O–H groups in total. The first-order valence-electron chi connectivity index (χ1n) is 9.19. The second-order valence-electron chi connectivity index (χ2n) is 7.28. The highest BCUT2D eigenvalue weighted by molar-refractivity contribution is 5.91. The maximum atomic E-state index is 12.8. The number of benzene rings is 1. The molecule has 130 valence electrons. The molecule has 1 amide bonds. The number of hydrogen-bond donors (Lipinski definition) is 0. The third kappa shape index (κ3) is 2.56. The van der Waals surface area contributed by atoms with E-state index in [0.717, 1.165) is 62.0 Å². The number of carbonyl (C=O) groups excluding carboxylic acids is 1. The molecule has 0 unspecified atom stereocenters. The molecule has 0 aliphatic carbocycles. The molecule has 4 heterocycles. The zero-order chi connectivity index (χ0) is 16.8. The number of amides is 1. The second kappa shape index (κ2) is 5.95. The molecule has 6 nitrogen and oxygen atoms in total. The summed E-state index contributed by atoms with van der Waals surface area (Å²) < 4.78 is 5.86. The first-order valence-corrected chi connectivity index (χ1v) is 9.19. The van der Waals surface area contributed by atoms with E-state index >= 15 is 0 Å². The summed E-state index contributed by atoms with van der Waals surface area (Å²) in [6.45, 7) is 3.10. The number of rotatable bonds is 2. The maximum absolute atomic E-state index is 12.8. The minimum Gasteiger partial charge on any atom is -0.374 e. The molecule has 6 heteroatoms. The largest absolute Gasteiger partial charge is 0.374 e. The lowest BCUT2D eigenvalue weighted by Gasteiger charge is -2.37. The molecule has 0 spiro atoms. The number of piperazine rings is 1. The molecule has 3 fully saturated rings. The quantitative estimate of drug-likeness (QED) is 0.836. The molecule has 2 bridgehead atoms. The average Bonchev–Trinajstić information content (AvgIpc) is 3.31. The van der Waals surface area contributed by atoms with E-state index < -0.39 is 0 Å². The van der Waals surface area contributed by atoms with Gasteiger partial charge in [0.25, 0.3) is 0 Å². The Labute approximate surface area is 146 Å². The fourth-order valence-electron chi connectivity index (χ4n) is 4.52. The van der Waals surface area contributed by atoms with Crippen LogP contribution in [0.15, 0.2) is 30.5 Å². The van der Waals surface area contributed by atoms with Crippen LogP contribution in [0.2, 0.25) is 0 Å². The number of ether oxygens (including phenoxy) is 1. The number of fused-ring (bicyclic) bond motifs is 3. The predicted molar refractivity (Wildman–Crippen MR) is 94.3 cm³/mol. The first kappa shape index (κ1) is 15.1. The van der Waals surface area contributed by atoms with Gasteiger partial charge in [0.1, 0.15) is 0 Å². The van der Waals surface area contributed by atoms with Crippen molar-refractivity contribution >= 4 is 22.5 Å². The average molecular weight is 338 g/mol. The number of aromatic nitrogens is 2. The van der Waals surface area contributed by atoms with Gasteiger partial charge in [-0.3, -0.25) is 4.79 Å². The number of carbonyl (C=O) groups is 1. The molecule has 5 rings (SSSR count). The Kier molecular flexibility index (Phi) is 3.59. The van der Waals surface area contributed by atoms with E-state index in [2.05, 4.69) is 27.2 Å². The van der Waals surface area contributed by atoms with Gasteiger partial charge in [0.15, 0.2) is 5.82 Å². The molecule has 3 aliphatic heterocycles. The first-order chi connectivity index (χ1) is 12.3. The third-order valence-corrected chi connectivity index (χ3v) is 5.87. The molecule has 0 radical (unpaired) electrons. The molecular weight excluding hydrogens is 316 g/mol. The van der Waals surface area contributed by atoms with Gasteiger partial charge in [-0.15, -0.1) is 5.10 Å². The van der Waals surface area contributed by atoms with Gasteiger partial charge in [0.05, 0.1) is 24.3 Å². The number of nitrogens with zero attached hydrogens (tertiary/aromatic N) is 4. The Morgan fingerprint density at radius 3 is 2.72 bits per heavy atom. The van der Waals surface area contributed by atoms with Gasteiger partial charge in [-0.25, -0.2) is 0 Å². The van der Waals surface area contributed by atoms with Gasteiger partial charge in [0, 0.05) is 37.0 Å². The van der Waals surface area contributed by atoms with E-state index in [0.29, 0.717) is 6.10 Å². The van der Waals surface area contributed by atoms with E-state index in [-0.39, 0.29) is 17.9 Å². The van der Waals surface area contributed by atoms with Gasteiger partial charge in [0.2, 0.25) is 5.91 Å². The van der Waals surface area contributed by atoms with Gasteiger partial charge < -0.3 is 14.5 Å². The Morgan fingerprint density at radius 1 is 1.12 bits per heavy atom. The van der Waals surface area contributed by atoms with E-state index in [4.69, 9.17) is 4.74 Å².